The van der Waals surface area contributed by atoms with Crippen molar-refractivity contribution >= 4 is 11.8 Å². The molecule has 0 saturated carbocycles. The first-order valence-corrected chi connectivity index (χ1v) is 7.73. The van der Waals surface area contributed by atoms with Crippen LogP contribution in [0.25, 0.3) is 0 Å². The van der Waals surface area contributed by atoms with Crippen molar-refractivity contribution in [3.05, 3.63) is 12.2 Å². The summed E-state index contributed by atoms with van der Waals surface area (Å²) in [5.74, 6) is 3.28. The average Bonchev–Trinajstić information content (AvgIpc) is 2.24. The number of thioether (sulfide) groups is 1. The molecular formula is C14H29NS. The van der Waals surface area contributed by atoms with E-state index in [9.17, 15) is 0 Å². The Balaban J connectivity index is 3.84. The molecule has 2 heteroatoms. The van der Waals surface area contributed by atoms with Crippen molar-refractivity contribution < 1.29 is 0 Å². The summed E-state index contributed by atoms with van der Waals surface area (Å²) in [4.78, 5) is 0. The van der Waals surface area contributed by atoms with Crippen molar-refractivity contribution in [3.63, 3.8) is 0 Å². The number of rotatable bonds is 10. The molecule has 0 bridgehead atoms. The van der Waals surface area contributed by atoms with E-state index in [-0.39, 0.29) is 0 Å². The first-order chi connectivity index (χ1) is 7.60. The van der Waals surface area contributed by atoms with Gasteiger partial charge in [0.25, 0.3) is 0 Å². The van der Waals surface area contributed by atoms with Crippen molar-refractivity contribution in [2.75, 3.05) is 18.1 Å². The largest absolute Gasteiger partial charge is 0.313 e. The molecule has 0 amide bonds. The molecule has 0 aliphatic rings. The Bertz CT molecular complexity index is 178. The summed E-state index contributed by atoms with van der Waals surface area (Å²) < 4.78 is 0. The second-order valence-electron chi connectivity index (χ2n) is 4.89. The maximum atomic E-state index is 4.11. The molecule has 0 aromatic carbocycles. The van der Waals surface area contributed by atoms with Gasteiger partial charge in [-0.25, -0.2) is 0 Å². The van der Waals surface area contributed by atoms with Crippen LogP contribution >= 0.6 is 11.8 Å². The fourth-order valence-corrected chi connectivity index (χ4v) is 2.60. The standard InChI is InChI=1S/C14H29NS/c1-6-8-15-14(9-13(5)7-2)11-16-10-12(3)4/h12,14-15H,5-11H2,1-4H3. The van der Waals surface area contributed by atoms with E-state index < -0.39 is 0 Å². The van der Waals surface area contributed by atoms with Crippen LogP contribution in [-0.2, 0) is 0 Å². The predicted octanol–water partition coefficient (Wildman–Crippen LogP) is 4.10. The van der Waals surface area contributed by atoms with E-state index in [1.807, 2.05) is 0 Å². The van der Waals surface area contributed by atoms with E-state index in [0.717, 1.165) is 25.3 Å². The van der Waals surface area contributed by atoms with Gasteiger partial charge in [0.05, 0.1) is 0 Å². The minimum Gasteiger partial charge on any atom is -0.313 e. The van der Waals surface area contributed by atoms with Crippen LogP contribution in [0.4, 0.5) is 0 Å². The second kappa shape index (κ2) is 10.2. The highest BCUT2D eigenvalue weighted by atomic mass is 32.2. The van der Waals surface area contributed by atoms with Gasteiger partial charge in [-0.2, -0.15) is 11.8 Å². The Labute approximate surface area is 106 Å². The lowest BCUT2D eigenvalue weighted by molar-refractivity contribution is 0.544. The zero-order chi connectivity index (χ0) is 12.4. The Morgan fingerprint density at radius 3 is 2.44 bits per heavy atom. The van der Waals surface area contributed by atoms with E-state index in [0.29, 0.717) is 6.04 Å². The number of hydrogen-bond donors (Lipinski definition) is 1. The van der Waals surface area contributed by atoms with Crippen molar-refractivity contribution in [1.82, 2.24) is 5.32 Å². The Morgan fingerprint density at radius 1 is 1.25 bits per heavy atom. The average molecular weight is 243 g/mol. The van der Waals surface area contributed by atoms with Crippen LogP contribution in [0.15, 0.2) is 12.2 Å². The summed E-state index contributed by atoms with van der Waals surface area (Å²) in [6, 6.07) is 0.621. The zero-order valence-corrected chi connectivity index (χ0v) is 12.3. The second-order valence-corrected chi connectivity index (χ2v) is 5.96. The molecule has 0 aliphatic carbocycles. The summed E-state index contributed by atoms with van der Waals surface area (Å²) in [5.41, 5.74) is 1.37. The summed E-state index contributed by atoms with van der Waals surface area (Å²) in [7, 11) is 0. The quantitative estimate of drug-likeness (QED) is 0.580. The van der Waals surface area contributed by atoms with Crippen LogP contribution in [0.3, 0.4) is 0 Å². The molecule has 0 aromatic heterocycles. The molecule has 0 aliphatic heterocycles. The summed E-state index contributed by atoms with van der Waals surface area (Å²) >= 11 is 2.07. The van der Waals surface area contributed by atoms with Crippen LogP contribution in [0.2, 0.25) is 0 Å². The van der Waals surface area contributed by atoms with Crippen LogP contribution in [-0.4, -0.2) is 24.1 Å². The normalized spacial score (nSPS) is 13.1. The maximum Gasteiger partial charge on any atom is 0.0195 e. The SMILES string of the molecule is C=C(CC)CC(CSCC(C)C)NCCC. The highest BCUT2D eigenvalue weighted by Crippen LogP contribution is 2.14. The molecule has 1 nitrogen and oxygen atoms in total. The first kappa shape index (κ1) is 16.1. The zero-order valence-electron chi connectivity index (χ0n) is 11.5. The number of nitrogens with one attached hydrogen (secondary N) is 1. The molecule has 0 spiro atoms. The fourth-order valence-electron chi connectivity index (χ4n) is 1.48. The van der Waals surface area contributed by atoms with Gasteiger partial charge in [0.2, 0.25) is 0 Å². The molecule has 0 heterocycles. The molecule has 16 heavy (non-hydrogen) atoms. The molecule has 1 atom stereocenters. The van der Waals surface area contributed by atoms with Crippen molar-refractivity contribution in [2.24, 2.45) is 5.92 Å². The topological polar surface area (TPSA) is 12.0 Å². The third-order valence-corrected chi connectivity index (χ3v) is 4.03. The predicted molar refractivity (Wildman–Crippen MR) is 78.3 cm³/mol. The van der Waals surface area contributed by atoms with Gasteiger partial charge in [0, 0.05) is 11.8 Å². The van der Waals surface area contributed by atoms with Crippen LogP contribution in [0.5, 0.6) is 0 Å². The van der Waals surface area contributed by atoms with Gasteiger partial charge in [-0.1, -0.05) is 39.8 Å². The van der Waals surface area contributed by atoms with Crippen LogP contribution in [0.1, 0.15) is 47.0 Å². The smallest absolute Gasteiger partial charge is 0.0195 e. The molecule has 1 unspecified atom stereocenters. The van der Waals surface area contributed by atoms with Gasteiger partial charge in [-0.05, 0) is 37.5 Å². The lowest BCUT2D eigenvalue weighted by Gasteiger charge is -2.19. The van der Waals surface area contributed by atoms with Crippen molar-refractivity contribution in [1.29, 1.82) is 0 Å². The maximum absolute atomic E-state index is 4.11. The Morgan fingerprint density at radius 2 is 1.94 bits per heavy atom. The van der Waals surface area contributed by atoms with Crippen molar-refractivity contribution in [3.8, 4) is 0 Å². The minimum atomic E-state index is 0.621. The summed E-state index contributed by atoms with van der Waals surface area (Å²) in [5, 5.41) is 3.63. The Kier molecular flexibility index (Phi) is 10.3. The molecule has 0 fully saturated rings. The first-order valence-electron chi connectivity index (χ1n) is 6.57. The molecule has 96 valence electrons. The van der Waals surface area contributed by atoms with E-state index in [1.54, 1.807) is 0 Å². The van der Waals surface area contributed by atoms with Gasteiger partial charge in [0.1, 0.15) is 0 Å². The van der Waals surface area contributed by atoms with Gasteiger partial charge >= 0.3 is 0 Å². The third-order valence-electron chi connectivity index (χ3n) is 2.49. The lowest BCUT2D eigenvalue weighted by Crippen LogP contribution is -2.32. The van der Waals surface area contributed by atoms with E-state index in [4.69, 9.17) is 0 Å². The van der Waals surface area contributed by atoms with Gasteiger partial charge in [-0.15, -0.1) is 0 Å². The monoisotopic (exact) mass is 243 g/mol. The van der Waals surface area contributed by atoms with Crippen LogP contribution < -0.4 is 5.32 Å². The molecule has 0 radical (unpaired) electrons. The fraction of sp³-hybridized carbons (Fsp3) is 0.857. The van der Waals surface area contributed by atoms with E-state index in [2.05, 4.69) is 51.4 Å². The molecule has 0 rings (SSSR count). The van der Waals surface area contributed by atoms with Gasteiger partial charge < -0.3 is 5.32 Å². The molecule has 0 saturated heterocycles. The lowest BCUT2D eigenvalue weighted by atomic mass is 10.1. The Hall–Kier alpha value is 0.0500. The highest BCUT2D eigenvalue weighted by Gasteiger charge is 2.09. The number of hydrogen-bond acceptors (Lipinski definition) is 2. The van der Waals surface area contributed by atoms with Crippen molar-refractivity contribution in [2.45, 2.75) is 53.0 Å². The molecular weight excluding hydrogens is 214 g/mol. The minimum absolute atomic E-state index is 0.621. The summed E-state index contributed by atoms with van der Waals surface area (Å²) in [6.07, 6.45) is 3.46. The molecule has 1 N–H and O–H groups in total. The van der Waals surface area contributed by atoms with E-state index >= 15 is 0 Å². The molecule has 0 aromatic rings. The summed E-state index contributed by atoms with van der Waals surface area (Å²) in [6.45, 7) is 14.2. The van der Waals surface area contributed by atoms with Crippen LogP contribution in [0, 0.1) is 5.92 Å². The highest BCUT2D eigenvalue weighted by molar-refractivity contribution is 7.99. The van der Waals surface area contributed by atoms with Gasteiger partial charge in [0.15, 0.2) is 0 Å². The van der Waals surface area contributed by atoms with E-state index in [1.165, 1.54) is 23.5 Å². The van der Waals surface area contributed by atoms with Gasteiger partial charge in [-0.3, -0.25) is 0 Å². The third kappa shape index (κ3) is 9.29.